The van der Waals surface area contributed by atoms with Crippen LogP contribution in [-0.2, 0) is 0 Å². The summed E-state index contributed by atoms with van der Waals surface area (Å²) in [7, 11) is 0. The Hall–Kier alpha value is -1.02. The minimum absolute atomic E-state index is 0.0675. The van der Waals surface area contributed by atoms with Crippen LogP contribution in [0.5, 0.6) is 0 Å². The van der Waals surface area contributed by atoms with Crippen LogP contribution in [0.15, 0.2) is 12.1 Å². The monoisotopic (exact) mass is 208 g/mol. The van der Waals surface area contributed by atoms with E-state index in [4.69, 9.17) is 11.6 Å². The Kier molecular flexibility index (Phi) is 2.23. The summed E-state index contributed by atoms with van der Waals surface area (Å²) in [5.41, 5.74) is 4.54. The summed E-state index contributed by atoms with van der Waals surface area (Å²) < 4.78 is 0. The maximum absolute atomic E-state index is 5.97. The van der Waals surface area contributed by atoms with Crippen molar-refractivity contribution >= 4 is 22.6 Å². The van der Waals surface area contributed by atoms with Gasteiger partial charge in [0.05, 0.1) is 16.4 Å². The smallest absolute Gasteiger partial charge is 0.125 e. The normalized spacial score (nSPS) is 13.4. The molecular formula is C11H13ClN2. The van der Waals surface area contributed by atoms with E-state index >= 15 is 0 Å². The molecule has 3 heteroatoms. The molecule has 1 N–H and O–H groups in total. The Morgan fingerprint density at radius 2 is 2.07 bits per heavy atom. The van der Waals surface area contributed by atoms with Crippen molar-refractivity contribution in [3.05, 3.63) is 29.1 Å². The number of rotatable bonds is 1. The molecule has 2 rings (SSSR count). The molecule has 14 heavy (non-hydrogen) atoms. The number of hydrogen-bond acceptors (Lipinski definition) is 1. The van der Waals surface area contributed by atoms with E-state index < -0.39 is 0 Å². The van der Waals surface area contributed by atoms with Crippen LogP contribution in [0.1, 0.15) is 29.3 Å². The van der Waals surface area contributed by atoms with Gasteiger partial charge in [0.15, 0.2) is 0 Å². The average molecular weight is 209 g/mol. The van der Waals surface area contributed by atoms with Gasteiger partial charge in [-0.1, -0.05) is 6.07 Å². The van der Waals surface area contributed by atoms with Gasteiger partial charge in [-0.05, 0) is 38.0 Å². The van der Waals surface area contributed by atoms with Gasteiger partial charge in [0.25, 0.3) is 0 Å². The van der Waals surface area contributed by atoms with Crippen LogP contribution in [0.3, 0.4) is 0 Å². The maximum atomic E-state index is 5.97. The maximum Gasteiger partial charge on any atom is 0.125 e. The zero-order valence-electron chi connectivity index (χ0n) is 8.56. The van der Waals surface area contributed by atoms with E-state index in [9.17, 15) is 0 Å². The molecule has 0 aliphatic carbocycles. The van der Waals surface area contributed by atoms with Crippen LogP contribution in [0.2, 0.25) is 0 Å². The van der Waals surface area contributed by atoms with Gasteiger partial charge in [0, 0.05) is 0 Å². The molecule has 0 fully saturated rings. The van der Waals surface area contributed by atoms with Crippen molar-refractivity contribution in [1.82, 2.24) is 9.97 Å². The molecule has 1 unspecified atom stereocenters. The fourth-order valence-electron chi connectivity index (χ4n) is 1.68. The highest BCUT2D eigenvalue weighted by atomic mass is 35.5. The van der Waals surface area contributed by atoms with Crippen molar-refractivity contribution in [1.29, 1.82) is 0 Å². The first kappa shape index (κ1) is 9.53. The average Bonchev–Trinajstić information content (AvgIpc) is 2.47. The van der Waals surface area contributed by atoms with Crippen LogP contribution in [-0.4, -0.2) is 9.97 Å². The molecule has 0 aliphatic heterocycles. The molecule has 2 aromatic rings. The number of nitrogens with one attached hydrogen (secondary N) is 1. The number of imidazole rings is 1. The lowest BCUT2D eigenvalue weighted by Gasteiger charge is -1.96. The summed E-state index contributed by atoms with van der Waals surface area (Å²) in [5.74, 6) is 0.843. The molecule has 1 heterocycles. The minimum atomic E-state index is -0.0675. The summed E-state index contributed by atoms with van der Waals surface area (Å²) in [6.45, 7) is 6.07. The Morgan fingerprint density at radius 1 is 1.36 bits per heavy atom. The highest BCUT2D eigenvalue weighted by molar-refractivity contribution is 6.20. The second kappa shape index (κ2) is 3.28. The fourth-order valence-corrected chi connectivity index (χ4v) is 1.78. The molecule has 74 valence electrons. The molecule has 0 aliphatic rings. The van der Waals surface area contributed by atoms with E-state index in [0.717, 1.165) is 16.9 Å². The largest absolute Gasteiger partial charge is 0.341 e. The first-order valence-electron chi connectivity index (χ1n) is 4.69. The van der Waals surface area contributed by atoms with Crippen molar-refractivity contribution in [2.75, 3.05) is 0 Å². The van der Waals surface area contributed by atoms with Gasteiger partial charge in [-0.15, -0.1) is 11.6 Å². The Bertz CT molecular complexity index is 471. The number of nitrogens with zero attached hydrogens (tertiary/aromatic N) is 1. The summed E-state index contributed by atoms with van der Waals surface area (Å²) in [6, 6.07) is 4.23. The first-order chi connectivity index (χ1) is 6.58. The summed E-state index contributed by atoms with van der Waals surface area (Å²) >= 11 is 5.97. The van der Waals surface area contributed by atoms with Crippen molar-refractivity contribution in [3.63, 3.8) is 0 Å². The number of aryl methyl sites for hydroxylation is 2. The van der Waals surface area contributed by atoms with E-state index in [-0.39, 0.29) is 5.38 Å². The number of alkyl halides is 1. The zero-order chi connectivity index (χ0) is 10.3. The van der Waals surface area contributed by atoms with Crippen LogP contribution in [0, 0.1) is 13.8 Å². The van der Waals surface area contributed by atoms with Crippen molar-refractivity contribution < 1.29 is 0 Å². The van der Waals surface area contributed by atoms with Gasteiger partial charge >= 0.3 is 0 Å². The lowest BCUT2D eigenvalue weighted by Crippen LogP contribution is -1.85. The number of benzene rings is 1. The molecular weight excluding hydrogens is 196 g/mol. The third kappa shape index (κ3) is 1.50. The van der Waals surface area contributed by atoms with Crippen molar-refractivity contribution in [2.24, 2.45) is 0 Å². The quantitative estimate of drug-likeness (QED) is 0.715. The van der Waals surface area contributed by atoms with Gasteiger partial charge in [-0.25, -0.2) is 4.98 Å². The molecule has 1 aromatic heterocycles. The Balaban J connectivity index is 2.70. The third-order valence-corrected chi connectivity index (χ3v) is 2.52. The molecule has 0 saturated carbocycles. The lowest BCUT2D eigenvalue weighted by atomic mass is 10.1. The molecule has 0 bridgehead atoms. The molecule has 0 amide bonds. The fraction of sp³-hybridized carbons (Fsp3) is 0.364. The summed E-state index contributed by atoms with van der Waals surface area (Å²) in [6.07, 6.45) is 0. The third-order valence-electron chi connectivity index (χ3n) is 2.32. The molecule has 1 atom stereocenters. The lowest BCUT2D eigenvalue weighted by molar-refractivity contribution is 0.961. The molecule has 0 spiro atoms. The molecule has 2 nitrogen and oxygen atoms in total. The predicted molar refractivity (Wildman–Crippen MR) is 59.8 cm³/mol. The summed E-state index contributed by atoms with van der Waals surface area (Å²) in [5, 5.41) is -0.0675. The molecule has 0 saturated heterocycles. The number of aromatic nitrogens is 2. The highest BCUT2D eigenvalue weighted by Crippen LogP contribution is 2.23. The van der Waals surface area contributed by atoms with Crippen molar-refractivity contribution in [3.8, 4) is 0 Å². The van der Waals surface area contributed by atoms with E-state index in [1.165, 1.54) is 11.1 Å². The van der Waals surface area contributed by atoms with Crippen LogP contribution >= 0.6 is 11.6 Å². The second-order valence-electron chi connectivity index (χ2n) is 3.72. The van der Waals surface area contributed by atoms with Crippen LogP contribution < -0.4 is 0 Å². The zero-order valence-corrected chi connectivity index (χ0v) is 9.31. The van der Waals surface area contributed by atoms with Gasteiger partial charge in [0.2, 0.25) is 0 Å². The van der Waals surface area contributed by atoms with Gasteiger partial charge in [0.1, 0.15) is 5.82 Å². The number of fused-ring (bicyclic) bond motifs is 1. The van der Waals surface area contributed by atoms with Gasteiger partial charge in [-0.2, -0.15) is 0 Å². The van der Waals surface area contributed by atoms with Gasteiger partial charge in [-0.3, -0.25) is 0 Å². The standard InChI is InChI=1S/C11H13ClN2/c1-6-4-7(2)10-9(5-6)13-11(14-10)8(3)12/h4-5,8H,1-3H3,(H,13,14). The summed E-state index contributed by atoms with van der Waals surface area (Å²) in [4.78, 5) is 7.70. The second-order valence-corrected chi connectivity index (χ2v) is 4.37. The Labute approximate surface area is 88.3 Å². The number of hydrogen-bond donors (Lipinski definition) is 1. The van der Waals surface area contributed by atoms with E-state index in [2.05, 4.69) is 35.9 Å². The highest BCUT2D eigenvalue weighted by Gasteiger charge is 2.09. The topological polar surface area (TPSA) is 28.7 Å². The van der Waals surface area contributed by atoms with Gasteiger partial charge < -0.3 is 4.98 Å². The molecule has 0 radical (unpaired) electrons. The minimum Gasteiger partial charge on any atom is -0.341 e. The van der Waals surface area contributed by atoms with Crippen LogP contribution in [0.25, 0.3) is 11.0 Å². The number of halogens is 1. The van der Waals surface area contributed by atoms with E-state index in [1.807, 2.05) is 6.92 Å². The predicted octanol–water partition coefficient (Wildman–Crippen LogP) is 3.48. The van der Waals surface area contributed by atoms with Crippen molar-refractivity contribution in [2.45, 2.75) is 26.1 Å². The van der Waals surface area contributed by atoms with Crippen LogP contribution in [0.4, 0.5) is 0 Å². The Morgan fingerprint density at radius 3 is 2.71 bits per heavy atom. The number of H-pyrrole nitrogens is 1. The SMILES string of the molecule is Cc1cc(C)c2nc(C(C)Cl)[nH]c2c1. The molecule has 1 aromatic carbocycles. The van der Waals surface area contributed by atoms with E-state index in [1.54, 1.807) is 0 Å². The van der Waals surface area contributed by atoms with E-state index in [0.29, 0.717) is 0 Å². The number of aromatic amines is 1. The first-order valence-corrected chi connectivity index (χ1v) is 5.12.